The molecule has 1 N–H and O–H groups in total. The summed E-state index contributed by atoms with van der Waals surface area (Å²) in [7, 11) is 1.95. The van der Waals surface area contributed by atoms with Crippen LogP contribution in [0, 0.1) is 0 Å². The van der Waals surface area contributed by atoms with Crippen LogP contribution in [-0.4, -0.2) is 18.6 Å². The molecule has 2 heterocycles. The Morgan fingerprint density at radius 1 is 1.60 bits per heavy atom. The molecule has 0 saturated heterocycles. The van der Waals surface area contributed by atoms with Crippen molar-refractivity contribution in [3.8, 4) is 10.8 Å². The van der Waals surface area contributed by atoms with Crippen LogP contribution in [0.1, 0.15) is 4.88 Å². The monoisotopic (exact) mass is 286 g/mol. The summed E-state index contributed by atoms with van der Waals surface area (Å²) in [4.78, 5) is 5.67. The van der Waals surface area contributed by atoms with Gasteiger partial charge in [-0.05, 0) is 48.1 Å². The van der Waals surface area contributed by atoms with E-state index in [1.807, 2.05) is 19.2 Å². The lowest BCUT2D eigenvalue weighted by Crippen LogP contribution is -2.09. The van der Waals surface area contributed by atoms with Crippen molar-refractivity contribution in [2.45, 2.75) is 6.42 Å². The highest BCUT2D eigenvalue weighted by molar-refractivity contribution is 9.10. The van der Waals surface area contributed by atoms with Crippen molar-refractivity contribution in [3.63, 3.8) is 0 Å². The van der Waals surface area contributed by atoms with Gasteiger partial charge in [0, 0.05) is 4.88 Å². The smallest absolute Gasteiger partial charge is 0.162 e. The molecule has 2 aromatic rings. The predicted molar refractivity (Wildman–Crippen MR) is 65.1 cm³/mol. The number of likely N-dealkylation sites (N-methyl/N-ethyl adjacent to an activating group) is 1. The van der Waals surface area contributed by atoms with Crippen LogP contribution in [0.4, 0.5) is 0 Å². The number of thiazole rings is 1. The number of nitrogens with one attached hydrogen (secondary N) is 1. The minimum absolute atomic E-state index is 0.830. The second-order valence-corrected chi connectivity index (χ2v) is 4.90. The van der Waals surface area contributed by atoms with Crippen LogP contribution in [-0.2, 0) is 6.42 Å². The van der Waals surface area contributed by atoms with Crippen LogP contribution < -0.4 is 5.32 Å². The van der Waals surface area contributed by atoms with Gasteiger partial charge in [0.2, 0.25) is 0 Å². The summed E-state index contributed by atoms with van der Waals surface area (Å²) in [6.07, 6.45) is 2.65. The summed E-state index contributed by atoms with van der Waals surface area (Å²) >= 11 is 5.13. The largest absolute Gasteiger partial charge is 0.462 e. The Balaban J connectivity index is 2.21. The molecule has 2 aromatic heterocycles. The van der Waals surface area contributed by atoms with E-state index >= 15 is 0 Å². The van der Waals surface area contributed by atoms with Gasteiger partial charge in [0.1, 0.15) is 4.60 Å². The summed E-state index contributed by atoms with van der Waals surface area (Å²) in [5, 5.41) is 4.05. The number of halogens is 1. The van der Waals surface area contributed by atoms with Crippen LogP contribution in [0.3, 0.4) is 0 Å². The summed E-state index contributed by atoms with van der Waals surface area (Å²) in [6.45, 7) is 0.957. The molecule has 0 unspecified atom stereocenters. The van der Waals surface area contributed by atoms with E-state index in [2.05, 4.69) is 26.2 Å². The quantitative estimate of drug-likeness (QED) is 0.939. The van der Waals surface area contributed by atoms with Gasteiger partial charge >= 0.3 is 0 Å². The third-order valence-corrected chi connectivity index (χ3v) is 4.03. The van der Waals surface area contributed by atoms with Crippen LogP contribution >= 0.6 is 27.3 Å². The maximum absolute atomic E-state index is 5.30. The minimum Gasteiger partial charge on any atom is -0.462 e. The number of furan rings is 1. The molecule has 0 aliphatic rings. The zero-order valence-electron chi connectivity index (χ0n) is 8.29. The SMILES string of the molecule is CNCCc1sc(-c2ccco2)nc1Br. The lowest BCUT2D eigenvalue weighted by Gasteiger charge is -1.94. The van der Waals surface area contributed by atoms with Gasteiger partial charge in [-0.1, -0.05) is 0 Å². The fourth-order valence-electron chi connectivity index (χ4n) is 1.23. The third kappa shape index (κ3) is 2.48. The predicted octanol–water partition coefficient (Wildman–Crippen LogP) is 2.93. The molecule has 0 spiro atoms. The van der Waals surface area contributed by atoms with Crippen LogP contribution in [0.5, 0.6) is 0 Å². The lowest BCUT2D eigenvalue weighted by molar-refractivity contribution is 0.582. The number of hydrogen-bond donors (Lipinski definition) is 1. The van der Waals surface area contributed by atoms with Crippen molar-refractivity contribution >= 4 is 27.3 Å². The van der Waals surface area contributed by atoms with Crippen molar-refractivity contribution in [1.82, 2.24) is 10.3 Å². The summed E-state index contributed by atoms with van der Waals surface area (Å²) < 4.78 is 6.23. The number of hydrogen-bond acceptors (Lipinski definition) is 4. The Hall–Kier alpha value is -0.650. The Kier molecular flexibility index (Phi) is 3.56. The molecule has 2 rings (SSSR count). The van der Waals surface area contributed by atoms with E-state index in [9.17, 15) is 0 Å². The minimum atomic E-state index is 0.830. The Bertz CT molecular complexity index is 425. The highest BCUT2D eigenvalue weighted by Crippen LogP contribution is 2.31. The zero-order valence-corrected chi connectivity index (χ0v) is 10.7. The molecule has 0 radical (unpaired) electrons. The van der Waals surface area contributed by atoms with Crippen LogP contribution in [0.15, 0.2) is 27.4 Å². The van der Waals surface area contributed by atoms with Gasteiger partial charge < -0.3 is 9.73 Å². The number of aromatic nitrogens is 1. The molecule has 3 nitrogen and oxygen atoms in total. The summed E-state index contributed by atoms with van der Waals surface area (Å²) in [6, 6.07) is 3.80. The molecule has 0 aliphatic carbocycles. The van der Waals surface area contributed by atoms with E-state index in [1.54, 1.807) is 17.6 Å². The van der Waals surface area contributed by atoms with Gasteiger partial charge in [0.25, 0.3) is 0 Å². The highest BCUT2D eigenvalue weighted by Gasteiger charge is 2.11. The summed E-state index contributed by atoms with van der Waals surface area (Å²) in [5.41, 5.74) is 0. The standard InChI is InChI=1S/C10H11BrN2OS/c1-12-5-4-8-9(11)13-10(15-8)7-3-2-6-14-7/h2-3,6,12H,4-5H2,1H3. The Morgan fingerprint density at radius 2 is 2.47 bits per heavy atom. The van der Waals surface area contributed by atoms with E-state index in [4.69, 9.17) is 4.42 Å². The fraction of sp³-hybridized carbons (Fsp3) is 0.300. The zero-order chi connectivity index (χ0) is 10.7. The van der Waals surface area contributed by atoms with Crippen LogP contribution in [0.2, 0.25) is 0 Å². The van der Waals surface area contributed by atoms with Gasteiger partial charge in [-0.3, -0.25) is 0 Å². The first-order valence-corrected chi connectivity index (χ1v) is 6.26. The highest BCUT2D eigenvalue weighted by atomic mass is 79.9. The van der Waals surface area contributed by atoms with Crippen molar-refractivity contribution in [3.05, 3.63) is 27.9 Å². The average Bonchev–Trinajstić information content (AvgIpc) is 2.83. The molecule has 0 bridgehead atoms. The van der Waals surface area contributed by atoms with E-state index in [0.717, 1.165) is 28.3 Å². The molecule has 0 saturated carbocycles. The molecule has 0 amide bonds. The molecule has 0 aromatic carbocycles. The van der Waals surface area contributed by atoms with Crippen LogP contribution in [0.25, 0.3) is 10.8 Å². The maximum atomic E-state index is 5.30. The molecular formula is C10H11BrN2OS. The topological polar surface area (TPSA) is 38.1 Å². The first-order chi connectivity index (χ1) is 7.31. The lowest BCUT2D eigenvalue weighted by atomic mass is 10.4. The maximum Gasteiger partial charge on any atom is 0.162 e. The van der Waals surface area contributed by atoms with Gasteiger partial charge in [-0.25, -0.2) is 4.98 Å². The van der Waals surface area contributed by atoms with Crippen molar-refractivity contribution in [2.24, 2.45) is 0 Å². The van der Waals surface area contributed by atoms with Gasteiger partial charge in [-0.2, -0.15) is 0 Å². The number of rotatable bonds is 4. The molecule has 0 fully saturated rings. The third-order valence-electron chi connectivity index (χ3n) is 1.98. The van der Waals surface area contributed by atoms with Gasteiger partial charge in [0.15, 0.2) is 10.8 Å². The normalized spacial score (nSPS) is 10.8. The Labute approximate surface area is 101 Å². The molecule has 15 heavy (non-hydrogen) atoms. The average molecular weight is 287 g/mol. The number of nitrogens with zero attached hydrogens (tertiary/aromatic N) is 1. The van der Waals surface area contributed by atoms with Crippen molar-refractivity contribution < 1.29 is 4.42 Å². The molecular weight excluding hydrogens is 276 g/mol. The van der Waals surface area contributed by atoms with Gasteiger partial charge in [0.05, 0.1) is 6.26 Å². The Morgan fingerprint density at radius 3 is 3.13 bits per heavy atom. The first kappa shape index (κ1) is 10.9. The van der Waals surface area contributed by atoms with E-state index in [1.165, 1.54) is 4.88 Å². The molecule has 80 valence electrons. The van der Waals surface area contributed by atoms with E-state index < -0.39 is 0 Å². The second kappa shape index (κ2) is 4.92. The van der Waals surface area contributed by atoms with E-state index in [0.29, 0.717) is 0 Å². The van der Waals surface area contributed by atoms with Crippen molar-refractivity contribution in [1.29, 1.82) is 0 Å². The fourth-order valence-corrected chi connectivity index (χ4v) is 2.89. The van der Waals surface area contributed by atoms with Crippen molar-refractivity contribution in [2.75, 3.05) is 13.6 Å². The molecule has 0 atom stereocenters. The van der Waals surface area contributed by atoms with E-state index in [-0.39, 0.29) is 0 Å². The summed E-state index contributed by atoms with van der Waals surface area (Å²) in [5.74, 6) is 0.830. The first-order valence-electron chi connectivity index (χ1n) is 4.65. The second-order valence-electron chi connectivity index (χ2n) is 3.06. The van der Waals surface area contributed by atoms with Gasteiger partial charge in [-0.15, -0.1) is 11.3 Å². The molecule has 0 aliphatic heterocycles. The molecule has 5 heteroatoms.